The second kappa shape index (κ2) is 5.63. The van der Waals surface area contributed by atoms with E-state index >= 15 is 0 Å². The summed E-state index contributed by atoms with van der Waals surface area (Å²) in [6, 6.07) is 4.88. The molecule has 0 unspecified atom stereocenters. The molecule has 0 saturated heterocycles. The predicted octanol–water partition coefficient (Wildman–Crippen LogP) is 2.68. The van der Waals surface area contributed by atoms with Crippen molar-refractivity contribution in [2.75, 3.05) is 7.11 Å². The zero-order chi connectivity index (χ0) is 15.7. The lowest BCUT2D eigenvalue weighted by Gasteiger charge is -2.15. The van der Waals surface area contributed by atoms with Crippen LogP contribution in [0.3, 0.4) is 0 Å². The van der Waals surface area contributed by atoms with E-state index in [-0.39, 0.29) is 23.0 Å². The van der Waals surface area contributed by atoms with Crippen molar-refractivity contribution < 1.29 is 14.6 Å². The zero-order valence-electron chi connectivity index (χ0n) is 13.0. The molecule has 0 aliphatic heterocycles. The number of ether oxygens (including phenoxy) is 1. The van der Waals surface area contributed by atoms with Gasteiger partial charge in [-0.2, -0.15) is 5.10 Å². The molecule has 1 aromatic rings. The molecule has 2 aliphatic carbocycles. The molecule has 2 aliphatic rings. The normalized spacial score (nSPS) is 29.9. The number of benzene rings is 1. The Hall–Kier alpha value is -2.04. The fourth-order valence-corrected chi connectivity index (χ4v) is 3.85. The smallest absolute Gasteiger partial charge is 0.244 e. The molecule has 0 aromatic heterocycles. The van der Waals surface area contributed by atoms with E-state index in [1.165, 1.54) is 19.1 Å². The number of phenols is 1. The maximum Gasteiger partial charge on any atom is 0.244 e. The summed E-state index contributed by atoms with van der Waals surface area (Å²) in [5, 5.41) is 13.8. The van der Waals surface area contributed by atoms with E-state index in [4.69, 9.17) is 4.74 Å². The topological polar surface area (TPSA) is 70.9 Å². The molecule has 0 spiro atoms. The number of nitrogens with one attached hydrogen (secondary N) is 1. The Morgan fingerprint density at radius 2 is 2.32 bits per heavy atom. The number of methoxy groups -OCH3 is 1. The number of carbonyl (C=O) groups is 1. The third-order valence-electron chi connectivity index (χ3n) is 5.23. The van der Waals surface area contributed by atoms with E-state index in [1.54, 1.807) is 25.3 Å². The van der Waals surface area contributed by atoms with E-state index < -0.39 is 0 Å². The lowest BCUT2D eigenvalue weighted by atomic mass is 9.90. The molecule has 2 saturated carbocycles. The van der Waals surface area contributed by atoms with Gasteiger partial charge in [0.25, 0.3) is 0 Å². The van der Waals surface area contributed by atoms with Gasteiger partial charge in [-0.15, -0.1) is 0 Å². The van der Waals surface area contributed by atoms with Crippen LogP contribution in [-0.4, -0.2) is 24.3 Å². The first-order valence-electron chi connectivity index (χ1n) is 7.76. The molecular weight excluding hydrogens is 280 g/mol. The van der Waals surface area contributed by atoms with Gasteiger partial charge in [-0.05, 0) is 42.4 Å². The van der Waals surface area contributed by atoms with Gasteiger partial charge < -0.3 is 9.84 Å². The summed E-state index contributed by atoms with van der Waals surface area (Å²) in [4.78, 5) is 12.3. The molecule has 0 heterocycles. The van der Waals surface area contributed by atoms with Crippen molar-refractivity contribution in [2.24, 2.45) is 22.4 Å². The van der Waals surface area contributed by atoms with Crippen molar-refractivity contribution in [3.05, 3.63) is 23.8 Å². The number of amides is 1. The van der Waals surface area contributed by atoms with Gasteiger partial charge in [-0.25, -0.2) is 5.43 Å². The van der Waals surface area contributed by atoms with Gasteiger partial charge in [0.05, 0.1) is 13.3 Å². The van der Waals surface area contributed by atoms with Gasteiger partial charge in [-0.1, -0.05) is 19.8 Å². The van der Waals surface area contributed by atoms with Crippen LogP contribution in [0.5, 0.6) is 11.5 Å². The minimum absolute atomic E-state index is 0.00645. The third kappa shape index (κ3) is 2.56. The maximum absolute atomic E-state index is 12.3. The van der Waals surface area contributed by atoms with Gasteiger partial charge in [0.2, 0.25) is 5.91 Å². The first kappa shape index (κ1) is 14.9. The number of hydrogen-bond acceptors (Lipinski definition) is 4. The number of fused-ring (bicyclic) bond motifs is 1. The highest BCUT2D eigenvalue weighted by Crippen LogP contribution is 2.66. The summed E-state index contributed by atoms with van der Waals surface area (Å²) in [5.41, 5.74) is 3.31. The molecule has 3 rings (SSSR count). The van der Waals surface area contributed by atoms with Crippen molar-refractivity contribution in [1.82, 2.24) is 5.43 Å². The van der Waals surface area contributed by atoms with Gasteiger partial charge in [0.15, 0.2) is 0 Å². The number of nitrogens with zero attached hydrogens (tertiary/aromatic N) is 1. The van der Waals surface area contributed by atoms with Crippen molar-refractivity contribution >= 4 is 12.1 Å². The molecule has 5 heteroatoms. The van der Waals surface area contributed by atoms with Crippen molar-refractivity contribution in [3.8, 4) is 11.5 Å². The summed E-state index contributed by atoms with van der Waals surface area (Å²) >= 11 is 0. The van der Waals surface area contributed by atoms with Gasteiger partial charge in [0, 0.05) is 11.5 Å². The Balaban J connectivity index is 1.62. The van der Waals surface area contributed by atoms with Crippen LogP contribution in [0.4, 0.5) is 0 Å². The van der Waals surface area contributed by atoms with E-state index in [0.29, 0.717) is 17.2 Å². The van der Waals surface area contributed by atoms with E-state index in [1.807, 2.05) is 0 Å². The van der Waals surface area contributed by atoms with Crippen molar-refractivity contribution in [2.45, 2.75) is 32.6 Å². The first-order chi connectivity index (χ1) is 10.6. The maximum atomic E-state index is 12.3. The van der Waals surface area contributed by atoms with Crippen LogP contribution >= 0.6 is 0 Å². The average Bonchev–Trinajstić information content (AvgIpc) is 3.14. The Labute approximate surface area is 130 Å². The lowest BCUT2D eigenvalue weighted by Crippen LogP contribution is -2.22. The second-order valence-electron chi connectivity index (χ2n) is 6.49. The van der Waals surface area contributed by atoms with Gasteiger partial charge >= 0.3 is 0 Å². The van der Waals surface area contributed by atoms with Crippen LogP contribution in [0, 0.1) is 17.3 Å². The molecule has 0 bridgehead atoms. The number of phenolic OH excluding ortho intramolecular Hbond substituents is 1. The van der Waals surface area contributed by atoms with Gasteiger partial charge in [0.1, 0.15) is 11.5 Å². The molecule has 2 N–H and O–H groups in total. The SMILES string of the molecule is COc1ccc(O)c(/C=N/NC(=O)[C@H]2[C@H]3CCCC[C@]32C)c1. The number of hydrogen-bond donors (Lipinski definition) is 2. The molecular formula is C17H22N2O3. The Morgan fingerprint density at radius 3 is 3.00 bits per heavy atom. The highest BCUT2D eigenvalue weighted by Gasteiger charge is 2.64. The van der Waals surface area contributed by atoms with Gasteiger partial charge in [-0.3, -0.25) is 4.79 Å². The largest absolute Gasteiger partial charge is 0.507 e. The van der Waals surface area contributed by atoms with Crippen LogP contribution in [0.15, 0.2) is 23.3 Å². The summed E-state index contributed by atoms with van der Waals surface area (Å²) in [6.07, 6.45) is 6.18. The van der Waals surface area contributed by atoms with Crippen molar-refractivity contribution in [3.63, 3.8) is 0 Å². The minimum Gasteiger partial charge on any atom is -0.507 e. The monoisotopic (exact) mass is 302 g/mol. The molecule has 118 valence electrons. The van der Waals surface area contributed by atoms with E-state index in [0.717, 1.165) is 12.8 Å². The third-order valence-corrected chi connectivity index (χ3v) is 5.23. The standard InChI is InChI=1S/C17H22N2O3/c1-17-8-4-3-5-13(17)15(17)16(21)19-18-10-11-9-12(22-2)6-7-14(11)20/h6-7,9-10,13,15,20H,3-5,8H2,1-2H3,(H,19,21)/b18-10+/t13-,15-,17-/m1/s1. The molecule has 5 nitrogen and oxygen atoms in total. The van der Waals surface area contributed by atoms with Crippen LogP contribution < -0.4 is 10.2 Å². The van der Waals surface area contributed by atoms with Crippen molar-refractivity contribution in [1.29, 1.82) is 0 Å². The number of hydrazone groups is 1. The highest BCUT2D eigenvalue weighted by atomic mass is 16.5. The van der Waals surface area contributed by atoms with Crippen LogP contribution in [0.2, 0.25) is 0 Å². The predicted molar refractivity (Wildman–Crippen MR) is 84.0 cm³/mol. The molecule has 2 fully saturated rings. The fourth-order valence-electron chi connectivity index (χ4n) is 3.85. The summed E-state index contributed by atoms with van der Waals surface area (Å²) in [5.74, 6) is 1.33. The Bertz CT molecular complexity index is 614. The van der Waals surface area contributed by atoms with Crippen LogP contribution in [0.25, 0.3) is 0 Å². The quantitative estimate of drug-likeness (QED) is 0.663. The summed E-state index contributed by atoms with van der Waals surface area (Å²) < 4.78 is 5.10. The highest BCUT2D eigenvalue weighted by molar-refractivity contribution is 5.87. The molecule has 1 aromatic carbocycles. The molecule has 1 amide bonds. The zero-order valence-corrected chi connectivity index (χ0v) is 13.0. The molecule has 22 heavy (non-hydrogen) atoms. The van der Waals surface area contributed by atoms with Crippen LogP contribution in [-0.2, 0) is 4.79 Å². The summed E-state index contributed by atoms with van der Waals surface area (Å²) in [6.45, 7) is 2.21. The molecule has 0 radical (unpaired) electrons. The first-order valence-corrected chi connectivity index (χ1v) is 7.76. The number of rotatable bonds is 4. The molecule has 3 atom stereocenters. The lowest BCUT2D eigenvalue weighted by molar-refractivity contribution is -0.123. The Kier molecular flexibility index (Phi) is 3.81. The number of carbonyl (C=O) groups excluding carboxylic acids is 1. The summed E-state index contributed by atoms with van der Waals surface area (Å²) in [7, 11) is 1.56. The average molecular weight is 302 g/mol. The minimum atomic E-state index is -0.00645. The fraction of sp³-hybridized carbons (Fsp3) is 0.529. The Morgan fingerprint density at radius 1 is 1.50 bits per heavy atom. The van der Waals surface area contributed by atoms with E-state index in [2.05, 4.69) is 17.5 Å². The second-order valence-corrected chi connectivity index (χ2v) is 6.49. The number of aromatic hydroxyl groups is 1. The van der Waals surface area contributed by atoms with E-state index in [9.17, 15) is 9.90 Å². The van der Waals surface area contributed by atoms with Crippen LogP contribution in [0.1, 0.15) is 38.2 Å².